The van der Waals surface area contributed by atoms with E-state index in [0.29, 0.717) is 6.04 Å². The average molecular weight is 325 g/mol. The lowest BCUT2D eigenvalue weighted by Gasteiger charge is -2.28. The first kappa shape index (κ1) is 14.5. The van der Waals surface area contributed by atoms with Crippen LogP contribution in [0, 0.1) is 6.92 Å². The first-order valence-electron chi connectivity index (χ1n) is 6.82. The van der Waals surface area contributed by atoms with Crippen molar-refractivity contribution >= 4 is 21.8 Å². The highest BCUT2D eigenvalue weighted by molar-refractivity contribution is 9.10. The van der Waals surface area contributed by atoms with E-state index in [2.05, 4.69) is 21.2 Å². The topological polar surface area (TPSA) is 32.3 Å². The summed E-state index contributed by atoms with van der Waals surface area (Å²) in [5, 5.41) is 3.48. The largest absolute Gasteiger partial charge is 0.340 e. The molecule has 0 radical (unpaired) electrons. The summed E-state index contributed by atoms with van der Waals surface area (Å²) >= 11 is 3.45. The van der Waals surface area contributed by atoms with E-state index in [0.717, 1.165) is 35.1 Å². The molecule has 1 saturated heterocycles. The molecule has 1 aromatic carbocycles. The van der Waals surface area contributed by atoms with Crippen LogP contribution in [-0.2, 0) is 0 Å². The number of likely N-dealkylation sites (N-methyl/N-ethyl adjacent to an activating group) is 1. The zero-order chi connectivity index (χ0) is 13.8. The highest BCUT2D eigenvalue weighted by atomic mass is 79.9. The van der Waals surface area contributed by atoms with Gasteiger partial charge in [-0.1, -0.05) is 22.4 Å². The molecular weight excluding hydrogens is 304 g/mol. The second-order valence-corrected chi connectivity index (χ2v) is 6.27. The number of hydrogen-bond acceptors (Lipinski definition) is 2. The Morgan fingerprint density at radius 1 is 1.42 bits per heavy atom. The van der Waals surface area contributed by atoms with E-state index in [1.54, 1.807) is 0 Å². The van der Waals surface area contributed by atoms with E-state index in [9.17, 15) is 4.79 Å². The maximum Gasteiger partial charge on any atom is 0.253 e. The predicted octanol–water partition coefficient (Wildman–Crippen LogP) is 2.97. The number of hydrogen-bond donors (Lipinski definition) is 1. The number of amides is 1. The van der Waals surface area contributed by atoms with Gasteiger partial charge in [-0.25, -0.2) is 0 Å². The fourth-order valence-electron chi connectivity index (χ4n) is 2.57. The molecule has 1 aliphatic rings. The van der Waals surface area contributed by atoms with Crippen molar-refractivity contribution in [2.45, 2.75) is 32.2 Å². The van der Waals surface area contributed by atoms with Crippen LogP contribution < -0.4 is 5.32 Å². The lowest BCUT2D eigenvalue weighted by Crippen LogP contribution is -2.44. The van der Waals surface area contributed by atoms with Gasteiger partial charge < -0.3 is 10.2 Å². The Balaban J connectivity index is 2.01. The van der Waals surface area contributed by atoms with Gasteiger partial charge >= 0.3 is 0 Å². The lowest BCUT2D eigenvalue weighted by molar-refractivity contribution is 0.0775. The van der Waals surface area contributed by atoms with Gasteiger partial charge in [0.1, 0.15) is 0 Å². The first-order valence-corrected chi connectivity index (χ1v) is 7.61. The van der Waals surface area contributed by atoms with Crippen LogP contribution in [0.1, 0.15) is 35.2 Å². The monoisotopic (exact) mass is 324 g/mol. The number of halogens is 1. The number of nitrogens with zero attached hydrogens (tertiary/aromatic N) is 1. The second kappa shape index (κ2) is 6.53. The summed E-state index contributed by atoms with van der Waals surface area (Å²) in [5.74, 6) is 0.0942. The highest BCUT2D eigenvalue weighted by Gasteiger charge is 2.19. The zero-order valence-electron chi connectivity index (χ0n) is 11.6. The molecule has 19 heavy (non-hydrogen) atoms. The molecule has 1 heterocycles. The van der Waals surface area contributed by atoms with Crippen LogP contribution >= 0.6 is 15.9 Å². The number of carbonyl (C=O) groups excluding carboxylic acids is 1. The minimum atomic E-state index is 0.0942. The molecule has 3 nitrogen and oxygen atoms in total. The van der Waals surface area contributed by atoms with E-state index in [-0.39, 0.29) is 5.91 Å². The normalized spacial score (nSPS) is 19.2. The fraction of sp³-hybridized carbons (Fsp3) is 0.533. The van der Waals surface area contributed by atoms with Gasteiger partial charge in [-0.3, -0.25) is 4.79 Å². The zero-order valence-corrected chi connectivity index (χ0v) is 13.2. The highest BCUT2D eigenvalue weighted by Crippen LogP contribution is 2.17. The van der Waals surface area contributed by atoms with Gasteiger partial charge in [0.15, 0.2) is 0 Å². The Morgan fingerprint density at radius 3 is 2.84 bits per heavy atom. The van der Waals surface area contributed by atoms with Crippen LogP contribution in [0.5, 0.6) is 0 Å². The molecule has 1 aromatic rings. The number of piperidine rings is 1. The fourth-order valence-corrected chi connectivity index (χ4v) is 3.18. The number of carbonyl (C=O) groups is 1. The lowest BCUT2D eigenvalue weighted by atomic mass is 10.0. The molecule has 0 bridgehead atoms. The third-order valence-electron chi connectivity index (χ3n) is 3.54. The SMILES string of the molecule is Cc1cc(Br)cc(C(=O)N(C)CC2CCCCN2)c1. The van der Waals surface area contributed by atoms with Crippen molar-refractivity contribution in [2.24, 2.45) is 0 Å². The van der Waals surface area contributed by atoms with Crippen LogP contribution in [0.3, 0.4) is 0 Å². The third-order valence-corrected chi connectivity index (χ3v) is 4.00. The van der Waals surface area contributed by atoms with E-state index < -0.39 is 0 Å². The van der Waals surface area contributed by atoms with Crippen molar-refractivity contribution in [1.82, 2.24) is 10.2 Å². The van der Waals surface area contributed by atoms with Gasteiger partial charge in [0.25, 0.3) is 5.91 Å². The Hall–Kier alpha value is -0.870. The molecule has 2 rings (SSSR count). The van der Waals surface area contributed by atoms with E-state index >= 15 is 0 Å². The summed E-state index contributed by atoms with van der Waals surface area (Å²) in [4.78, 5) is 14.2. The first-order chi connectivity index (χ1) is 9.06. The minimum Gasteiger partial charge on any atom is -0.340 e. The molecule has 1 aliphatic heterocycles. The van der Waals surface area contributed by atoms with Crippen LogP contribution in [-0.4, -0.2) is 37.0 Å². The van der Waals surface area contributed by atoms with E-state index in [1.807, 2.05) is 37.1 Å². The summed E-state index contributed by atoms with van der Waals surface area (Å²) in [6.45, 7) is 3.86. The molecule has 0 saturated carbocycles. The summed E-state index contributed by atoms with van der Waals surface area (Å²) in [5.41, 5.74) is 1.85. The van der Waals surface area contributed by atoms with Crippen LogP contribution in [0.2, 0.25) is 0 Å². The van der Waals surface area contributed by atoms with Crippen molar-refractivity contribution in [2.75, 3.05) is 20.1 Å². The quantitative estimate of drug-likeness (QED) is 0.927. The average Bonchev–Trinajstić information content (AvgIpc) is 2.37. The molecule has 1 atom stereocenters. The van der Waals surface area contributed by atoms with Gasteiger partial charge in [-0.15, -0.1) is 0 Å². The molecule has 0 aliphatic carbocycles. The maximum absolute atomic E-state index is 12.4. The van der Waals surface area contributed by atoms with Crippen LogP contribution in [0.4, 0.5) is 0 Å². The third kappa shape index (κ3) is 4.05. The van der Waals surface area contributed by atoms with Gasteiger partial charge in [0.05, 0.1) is 0 Å². The van der Waals surface area contributed by atoms with Crippen molar-refractivity contribution in [1.29, 1.82) is 0 Å². The number of benzene rings is 1. The standard InChI is InChI=1S/C15H21BrN2O/c1-11-7-12(9-13(16)8-11)15(19)18(2)10-14-5-3-4-6-17-14/h7-9,14,17H,3-6,10H2,1-2H3. The van der Waals surface area contributed by atoms with Gasteiger partial charge in [0.2, 0.25) is 0 Å². The molecule has 1 amide bonds. The molecular formula is C15H21BrN2O. The molecule has 0 spiro atoms. The summed E-state index contributed by atoms with van der Waals surface area (Å²) < 4.78 is 0.958. The summed E-state index contributed by atoms with van der Waals surface area (Å²) in [7, 11) is 1.88. The van der Waals surface area contributed by atoms with Crippen LogP contribution in [0.25, 0.3) is 0 Å². The second-order valence-electron chi connectivity index (χ2n) is 5.35. The Bertz CT molecular complexity index is 435. The summed E-state index contributed by atoms with van der Waals surface area (Å²) in [6, 6.07) is 6.29. The number of nitrogens with one attached hydrogen (secondary N) is 1. The van der Waals surface area contributed by atoms with Crippen molar-refractivity contribution in [3.05, 3.63) is 33.8 Å². The Kier molecular flexibility index (Phi) is 4.99. The molecule has 4 heteroatoms. The Labute approximate surface area is 123 Å². The van der Waals surface area contributed by atoms with E-state index in [4.69, 9.17) is 0 Å². The molecule has 104 valence electrons. The van der Waals surface area contributed by atoms with Crippen LogP contribution in [0.15, 0.2) is 22.7 Å². The van der Waals surface area contributed by atoms with Crippen molar-refractivity contribution < 1.29 is 4.79 Å². The molecule has 1 fully saturated rings. The van der Waals surface area contributed by atoms with Crippen molar-refractivity contribution in [3.8, 4) is 0 Å². The van der Waals surface area contributed by atoms with Gasteiger partial charge in [-0.05, 0) is 50.1 Å². The number of rotatable bonds is 3. The van der Waals surface area contributed by atoms with E-state index in [1.165, 1.54) is 12.8 Å². The van der Waals surface area contributed by atoms with Crippen molar-refractivity contribution in [3.63, 3.8) is 0 Å². The molecule has 1 N–H and O–H groups in total. The van der Waals surface area contributed by atoms with Gasteiger partial charge in [0, 0.05) is 29.7 Å². The minimum absolute atomic E-state index is 0.0942. The molecule has 0 aromatic heterocycles. The molecule has 1 unspecified atom stereocenters. The van der Waals surface area contributed by atoms with Gasteiger partial charge in [-0.2, -0.15) is 0 Å². The number of aryl methyl sites for hydroxylation is 1. The smallest absolute Gasteiger partial charge is 0.253 e. The maximum atomic E-state index is 12.4. The summed E-state index contributed by atoms with van der Waals surface area (Å²) in [6.07, 6.45) is 3.67. The Morgan fingerprint density at radius 2 is 2.21 bits per heavy atom. The predicted molar refractivity (Wildman–Crippen MR) is 81.5 cm³/mol.